The number of aliphatic hydroxyl groups excluding tert-OH is 1. The first kappa shape index (κ1) is 14.1. The van der Waals surface area contributed by atoms with Crippen LogP contribution in [0.25, 0.3) is 0 Å². The standard InChI is InChI=1S/C16H17NO3/c1-11-6-5-9-13(15(11)19)16(20)17-14(10-18)12-7-3-2-4-8-12/h2-9,14,18-19H,10H2,1H3,(H,17,20). The lowest BCUT2D eigenvalue weighted by atomic mass is 10.1. The Morgan fingerprint density at radius 3 is 2.50 bits per heavy atom. The molecule has 0 aliphatic carbocycles. The molecule has 1 unspecified atom stereocenters. The minimum Gasteiger partial charge on any atom is -0.507 e. The number of aromatic hydroxyl groups is 1. The Hall–Kier alpha value is -2.33. The van der Waals surface area contributed by atoms with Gasteiger partial charge in [-0.1, -0.05) is 42.5 Å². The highest BCUT2D eigenvalue weighted by Crippen LogP contribution is 2.22. The van der Waals surface area contributed by atoms with Crippen LogP contribution in [0.1, 0.15) is 27.5 Å². The maximum Gasteiger partial charge on any atom is 0.255 e. The van der Waals surface area contributed by atoms with Crippen LogP contribution in [-0.2, 0) is 0 Å². The number of carbonyl (C=O) groups excluding carboxylic acids is 1. The molecule has 0 fully saturated rings. The zero-order valence-electron chi connectivity index (χ0n) is 11.2. The van der Waals surface area contributed by atoms with Gasteiger partial charge in [0.1, 0.15) is 5.75 Å². The highest BCUT2D eigenvalue weighted by atomic mass is 16.3. The normalized spacial score (nSPS) is 11.9. The molecule has 2 aromatic rings. The van der Waals surface area contributed by atoms with Crippen LogP contribution in [0, 0.1) is 6.92 Å². The van der Waals surface area contributed by atoms with E-state index in [0.717, 1.165) is 5.56 Å². The SMILES string of the molecule is Cc1cccc(C(=O)NC(CO)c2ccccc2)c1O. The lowest BCUT2D eigenvalue weighted by molar-refractivity contribution is 0.0913. The van der Waals surface area contributed by atoms with Gasteiger partial charge in [-0.3, -0.25) is 4.79 Å². The Kier molecular flexibility index (Phi) is 4.38. The third kappa shape index (κ3) is 2.97. The zero-order chi connectivity index (χ0) is 14.5. The second-order valence-corrected chi connectivity index (χ2v) is 4.59. The summed E-state index contributed by atoms with van der Waals surface area (Å²) in [5.41, 5.74) is 1.66. The number of para-hydroxylation sites is 1. The molecule has 0 aromatic heterocycles. The van der Waals surface area contributed by atoms with Crippen molar-refractivity contribution in [2.75, 3.05) is 6.61 Å². The highest BCUT2D eigenvalue weighted by Gasteiger charge is 2.17. The summed E-state index contributed by atoms with van der Waals surface area (Å²) in [7, 11) is 0. The van der Waals surface area contributed by atoms with Crippen LogP contribution < -0.4 is 5.32 Å². The number of benzene rings is 2. The van der Waals surface area contributed by atoms with Crippen LogP contribution in [-0.4, -0.2) is 22.7 Å². The van der Waals surface area contributed by atoms with E-state index < -0.39 is 11.9 Å². The topological polar surface area (TPSA) is 69.6 Å². The average Bonchev–Trinajstić information content (AvgIpc) is 2.48. The predicted molar refractivity (Wildman–Crippen MR) is 76.6 cm³/mol. The van der Waals surface area contributed by atoms with Crippen molar-refractivity contribution in [3.8, 4) is 5.75 Å². The Morgan fingerprint density at radius 1 is 1.15 bits per heavy atom. The molecule has 20 heavy (non-hydrogen) atoms. The maximum absolute atomic E-state index is 12.2. The Bertz CT molecular complexity index is 596. The van der Waals surface area contributed by atoms with Crippen LogP contribution in [0.3, 0.4) is 0 Å². The molecule has 0 saturated carbocycles. The number of aliphatic hydroxyl groups is 1. The van der Waals surface area contributed by atoms with Gasteiger partial charge in [0.05, 0.1) is 18.2 Å². The Balaban J connectivity index is 2.20. The van der Waals surface area contributed by atoms with Crippen LogP contribution >= 0.6 is 0 Å². The number of phenolic OH excluding ortho intramolecular Hbond substituents is 1. The van der Waals surface area contributed by atoms with Gasteiger partial charge in [0.15, 0.2) is 0 Å². The van der Waals surface area contributed by atoms with Crippen molar-refractivity contribution >= 4 is 5.91 Å². The van der Waals surface area contributed by atoms with Gasteiger partial charge in [-0.2, -0.15) is 0 Å². The minimum atomic E-state index is -0.497. The lowest BCUT2D eigenvalue weighted by Crippen LogP contribution is -2.30. The van der Waals surface area contributed by atoms with Crippen LogP contribution in [0.2, 0.25) is 0 Å². The molecule has 3 N–H and O–H groups in total. The summed E-state index contributed by atoms with van der Waals surface area (Å²) >= 11 is 0. The second-order valence-electron chi connectivity index (χ2n) is 4.59. The second kappa shape index (κ2) is 6.21. The summed E-state index contributed by atoms with van der Waals surface area (Å²) in [6, 6.07) is 13.7. The first-order valence-corrected chi connectivity index (χ1v) is 6.38. The van der Waals surface area contributed by atoms with E-state index in [1.165, 1.54) is 0 Å². The van der Waals surface area contributed by atoms with Crippen molar-refractivity contribution in [1.82, 2.24) is 5.32 Å². The minimum absolute atomic E-state index is 0.0326. The first-order chi connectivity index (χ1) is 9.63. The Morgan fingerprint density at radius 2 is 1.85 bits per heavy atom. The predicted octanol–water partition coefficient (Wildman–Crippen LogP) is 2.16. The number of phenols is 1. The van der Waals surface area contributed by atoms with Gasteiger partial charge in [0.25, 0.3) is 5.91 Å². The molecule has 2 rings (SSSR count). The molecule has 0 heterocycles. The maximum atomic E-state index is 12.2. The quantitative estimate of drug-likeness (QED) is 0.798. The number of carbonyl (C=O) groups is 1. The Labute approximate surface area is 117 Å². The van der Waals surface area contributed by atoms with E-state index in [-0.39, 0.29) is 17.9 Å². The smallest absolute Gasteiger partial charge is 0.255 e. The fourth-order valence-electron chi connectivity index (χ4n) is 2.00. The molecule has 4 nitrogen and oxygen atoms in total. The van der Waals surface area contributed by atoms with Crippen molar-refractivity contribution in [1.29, 1.82) is 0 Å². The molecule has 0 aliphatic heterocycles. The number of amides is 1. The molecule has 0 saturated heterocycles. The third-order valence-electron chi connectivity index (χ3n) is 3.17. The fourth-order valence-corrected chi connectivity index (χ4v) is 2.00. The molecule has 2 aromatic carbocycles. The molecule has 1 atom stereocenters. The van der Waals surface area contributed by atoms with E-state index in [4.69, 9.17) is 0 Å². The molecule has 1 amide bonds. The number of nitrogens with one attached hydrogen (secondary N) is 1. The van der Waals surface area contributed by atoms with E-state index in [9.17, 15) is 15.0 Å². The van der Waals surface area contributed by atoms with E-state index in [1.807, 2.05) is 30.3 Å². The molecule has 0 aliphatic rings. The lowest BCUT2D eigenvalue weighted by Gasteiger charge is -2.17. The van der Waals surface area contributed by atoms with E-state index in [2.05, 4.69) is 5.32 Å². The summed E-state index contributed by atoms with van der Waals surface area (Å²) in [6.45, 7) is 1.52. The van der Waals surface area contributed by atoms with Gasteiger partial charge in [-0.15, -0.1) is 0 Å². The van der Waals surface area contributed by atoms with Crippen molar-refractivity contribution in [2.45, 2.75) is 13.0 Å². The van der Waals surface area contributed by atoms with Crippen molar-refractivity contribution in [2.24, 2.45) is 0 Å². The van der Waals surface area contributed by atoms with Gasteiger partial charge in [-0.25, -0.2) is 0 Å². The average molecular weight is 271 g/mol. The molecule has 4 heteroatoms. The number of aryl methyl sites for hydroxylation is 1. The van der Waals surface area contributed by atoms with E-state index >= 15 is 0 Å². The summed E-state index contributed by atoms with van der Waals surface area (Å²) in [4.78, 5) is 12.2. The fraction of sp³-hybridized carbons (Fsp3) is 0.188. The van der Waals surface area contributed by atoms with Crippen LogP contribution in [0.5, 0.6) is 5.75 Å². The van der Waals surface area contributed by atoms with Gasteiger partial charge in [0, 0.05) is 0 Å². The monoisotopic (exact) mass is 271 g/mol. The molecular weight excluding hydrogens is 254 g/mol. The van der Waals surface area contributed by atoms with E-state index in [1.54, 1.807) is 25.1 Å². The number of rotatable bonds is 4. The zero-order valence-corrected chi connectivity index (χ0v) is 11.2. The number of hydrogen-bond acceptors (Lipinski definition) is 3. The molecule has 0 spiro atoms. The summed E-state index contributed by atoms with van der Waals surface area (Å²) in [5, 5.41) is 22.0. The first-order valence-electron chi connectivity index (χ1n) is 6.38. The molecular formula is C16H17NO3. The van der Waals surface area contributed by atoms with Gasteiger partial charge in [0.2, 0.25) is 0 Å². The molecule has 104 valence electrons. The van der Waals surface area contributed by atoms with Gasteiger partial charge < -0.3 is 15.5 Å². The molecule has 0 radical (unpaired) electrons. The third-order valence-corrected chi connectivity index (χ3v) is 3.17. The van der Waals surface area contributed by atoms with Crippen molar-refractivity contribution in [3.05, 3.63) is 65.2 Å². The van der Waals surface area contributed by atoms with Crippen molar-refractivity contribution in [3.63, 3.8) is 0 Å². The van der Waals surface area contributed by atoms with Crippen LogP contribution in [0.4, 0.5) is 0 Å². The highest BCUT2D eigenvalue weighted by molar-refractivity contribution is 5.97. The van der Waals surface area contributed by atoms with Crippen molar-refractivity contribution < 1.29 is 15.0 Å². The van der Waals surface area contributed by atoms with E-state index in [0.29, 0.717) is 5.56 Å². The summed E-state index contributed by atoms with van der Waals surface area (Å²) in [5.74, 6) is -0.441. The number of hydrogen-bond donors (Lipinski definition) is 3. The largest absolute Gasteiger partial charge is 0.507 e. The van der Waals surface area contributed by atoms with Gasteiger partial charge >= 0.3 is 0 Å². The molecule has 0 bridgehead atoms. The summed E-state index contributed by atoms with van der Waals surface area (Å²) < 4.78 is 0. The summed E-state index contributed by atoms with van der Waals surface area (Å²) in [6.07, 6.45) is 0. The van der Waals surface area contributed by atoms with Gasteiger partial charge in [-0.05, 0) is 24.1 Å². The van der Waals surface area contributed by atoms with Crippen LogP contribution in [0.15, 0.2) is 48.5 Å².